The predicted molar refractivity (Wildman–Crippen MR) is 62.9 cm³/mol. The van der Waals surface area contributed by atoms with Crippen molar-refractivity contribution in [2.75, 3.05) is 25.5 Å². The molecule has 0 spiro atoms. The van der Waals surface area contributed by atoms with Crippen molar-refractivity contribution >= 4 is 5.69 Å². The van der Waals surface area contributed by atoms with E-state index < -0.39 is 0 Å². The van der Waals surface area contributed by atoms with Gasteiger partial charge in [-0.3, -0.25) is 4.98 Å². The molecule has 3 heteroatoms. The number of nitrogens with zero attached hydrogens (tertiary/aromatic N) is 1. The number of nitrogens with one attached hydrogen (secondary N) is 2. The second-order valence-corrected chi connectivity index (χ2v) is 4.47. The summed E-state index contributed by atoms with van der Waals surface area (Å²) in [7, 11) is 2.03. The van der Waals surface area contributed by atoms with Gasteiger partial charge in [-0.2, -0.15) is 0 Å². The molecule has 3 nitrogen and oxygen atoms in total. The normalized spacial score (nSPS) is 18.2. The average molecular weight is 205 g/mol. The van der Waals surface area contributed by atoms with E-state index in [1.807, 2.05) is 31.6 Å². The fourth-order valence-corrected chi connectivity index (χ4v) is 2.23. The minimum Gasteiger partial charge on any atom is -0.384 e. The first-order chi connectivity index (χ1) is 7.35. The lowest BCUT2D eigenvalue weighted by atomic mass is 9.68. The van der Waals surface area contributed by atoms with Crippen LogP contribution in [0.25, 0.3) is 0 Å². The van der Waals surface area contributed by atoms with Crippen LogP contribution in [0, 0.1) is 5.41 Å². The molecular formula is C12H19N3. The van der Waals surface area contributed by atoms with E-state index in [0.29, 0.717) is 5.41 Å². The van der Waals surface area contributed by atoms with Crippen LogP contribution >= 0.6 is 0 Å². The molecule has 0 aromatic carbocycles. The Morgan fingerprint density at radius 1 is 1.27 bits per heavy atom. The zero-order chi connectivity index (χ0) is 10.6. The lowest BCUT2D eigenvalue weighted by molar-refractivity contribution is 0.151. The summed E-state index contributed by atoms with van der Waals surface area (Å²) in [6, 6.07) is 4.04. The van der Waals surface area contributed by atoms with E-state index in [9.17, 15) is 0 Å². The number of aromatic nitrogens is 1. The van der Waals surface area contributed by atoms with Crippen LogP contribution in [0.4, 0.5) is 5.69 Å². The standard InChI is InChI=1S/C12H19N3/c1-13-9-12(5-2-6-12)10-15-11-3-7-14-8-4-11/h3-4,7-8,13H,2,5-6,9-10H2,1H3,(H,14,15). The maximum Gasteiger partial charge on any atom is 0.0371 e. The summed E-state index contributed by atoms with van der Waals surface area (Å²) in [5, 5.41) is 6.79. The van der Waals surface area contributed by atoms with Crippen molar-refractivity contribution in [1.82, 2.24) is 10.3 Å². The zero-order valence-corrected chi connectivity index (χ0v) is 9.29. The van der Waals surface area contributed by atoms with Crippen molar-refractivity contribution < 1.29 is 0 Å². The largest absolute Gasteiger partial charge is 0.384 e. The van der Waals surface area contributed by atoms with Gasteiger partial charge in [-0.25, -0.2) is 0 Å². The molecule has 1 heterocycles. The first-order valence-electron chi connectivity index (χ1n) is 5.63. The lowest BCUT2D eigenvalue weighted by Crippen LogP contribution is -2.44. The average Bonchev–Trinajstić information content (AvgIpc) is 2.23. The molecule has 1 aromatic rings. The Hall–Kier alpha value is -1.09. The molecule has 2 N–H and O–H groups in total. The third-order valence-electron chi connectivity index (χ3n) is 3.31. The van der Waals surface area contributed by atoms with Gasteiger partial charge in [0.1, 0.15) is 0 Å². The topological polar surface area (TPSA) is 37.0 Å². The second-order valence-electron chi connectivity index (χ2n) is 4.47. The minimum atomic E-state index is 0.484. The number of hydrogen-bond acceptors (Lipinski definition) is 3. The van der Waals surface area contributed by atoms with Gasteiger partial charge in [0.15, 0.2) is 0 Å². The van der Waals surface area contributed by atoms with Gasteiger partial charge in [0.05, 0.1) is 0 Å². The van der Waals surface area contributed by atoms with Crippen LogP contribution in [-0.2, 0) is 0 Å². The Labute approximate surface area is 91.3 Å². The second kappa shape index (κ2) is 4.62. The molecule has 1 aliphatic carbocycles. The van der Waals surface area contributed by atoms with Gasteiger partial charge in [-0.05, 0) is 32.0 Å². The Morgan fingerprint density at radius 3 is 2.53 bits per heavy atom. The molecule has 0 saturated heterocycles. The van der Waals surface area contributed by atoms with Gasteiger partial charge in [0, 0.05) is 36.6 Å². The van der Waals surface area contributed by atoms with Crippen LogP contribution in [0.3, 0.4) is 0 Å². The van der Waals surface area contributed by atoms with Crippen LogP contribution in [-0.4, -0.2) is 25.1 Å². The number of rotatable bonds is 5. The van der Waals surface area contributed by atoms with E-state index in [1.165, 1.54) is 24.9 Å². The van der Waals surface area contributed by atoms with Gasteiger partial charge in [0.2, 0.25) is 0 Å². The Bertz CT molecular complexity index is 293. The van der Waals surface area contributed by atoms with Crippen LogP contribution < -0.4 is 10.6 Å². The molecule has 0 unspecified atom stereocenters. The summed E-state index contributed by atoms with van der Waals surface area (Å²) in [5.41, 5.74) is 1.66. The molecule has 1 fully saturated rings. The van der Waals surface area contributed by atoms with E-state index >= 15 is 0 Å². The van der Waals surface area contributed by atoms with E-state index in [0.717, 1.165) is 13.1 Å². The third-order valence-corrected chi connectivity index (χ3v) is 3.31. The Morgan fingerprint density at radius 2 is 2.00 bits per heavy atom. The van der Waals surface area contributed by atoms with Gasteiger partial charge < -0.3 is 10.6 Å². The molecule has 1 aromatic heterocycles. The number of hydrogen-bond donors (Lipinski definition) is 2. The molecule has 1 saturated carbocycles. The predicted octanol–water partition coefficient (Wildman–Crippen LogP) is 1.88. The molecule has 15 heavy (non-hydrogen) atoms. The molecule has 1 aliphatic rings. The van der Waals surface area contributed by atoms with Gasteiger partial charge in [-0.1, -0.05) is 6.42 Å². The van der Waals surface area contributed by atoms with Gasteiger partial charge in [0.25, 0.3) is 0 Å². The van der Waals surface area contributed by atoms with Crippen molar-refractivity contribution in [2.45, 2.75) is 19.3 Å². The van der Waals surface area contributed by atoms with Crippen LogP contribution in [0.1, 0.15) is 19.3 Å². The molecule has 2 rings (SSSR count). The molecule has 0 radical (unpaired) electrons. The van der Waals surface area contributed by atoms with Crippen molar-refractivity contribution in [2.24, 2.45) is 5.41 Å². The fourth-order valence-electron chi connectivity index (χ4n) is 2.23. The number of pyridine rings is 1. The maximum atomic E-state index is 4.01. The highest BCUT2D eigenvalue weighted by Crippen LogP contribution is 2.40. The van der Waals surface area contributed by atoms with Gasteiger partial charge in [-0.15, -0.1) is 0 Å². The van der Waals surface area contributed by atoms with E-state index in [1.54, 1.807) is 0 Å². The number of anilines is 1. The van der Waals surface area contributed by atoms with E-state index in [4.69, 9.17) is 0 Å². The van der Waals surface area contributed by atoms with E-state index in [2.05, 4.69) is 15.6 Å². The maximum absolute atomic E-state index is 4.01. The van der Waals surface area contributed by atoms with Crippen LogP contribution in [0.15, 0.2) is 24.5 Å². The Kier molecular flexibility index (Phi) is 3.21. The Balaban J connectivity index is 1.86. The van der Waals surface area contributed by atoms with Crippen LogP contribution in [0.5, 0.6) is 0 Å². The summed E-state index contributed by atoms with van der Waals surface area (Å²) < 4.78 is 0. The molecule has 0 bridgehead atoms. The highest BCUT2D eigenvalue weighted by molar-refractivity contribution is 5.41. The minimum absolute atomic E-state index is 0.484. The first kappa shape index (κ1) is 10.4. The zero-order valence-electron chi connectivity index (χ0n) is 9.29. The molecule has 0 amide bonds. The smallest absolute Gasteiger partial charge is 0.0371 e. The summed E-state index contributed by atoms with van der Waals surface area (Å²) in [4.78, 5) is 4.01. The van der Waals surface area contributed by atoms with Crippen molar-refractivity contribution in [1.29, 1.82) is 0 Å². The molecule has 0 atom stereocenters. The quantitative estimate of drug-likeness (QED) is 0.770. The van der Waals surface area contributed by atoms with E-state index in [-0.39, 0.29) is 0 Å². The highest BCUT2D eigenvalue weighted by Gasteiger charge is 2.35. The van der Waals surface area contributed by atoms with Crippen LogP contribution in [0.2, 0.25) is 0 Å². The third kappa shape index (κ3) is 2.48. The monoisotopic (exact) mass is 205 g/mol. The first-order valence-corrected chi connectivity index (χ1v) is 5.63. The summed E-state index contributed by atoms with van der Waals surface area (Å²) in [5.74, 6) is 0. The highest BCUT2D eigenvalue weighted by atomic mass is 14.9. The fraction of sp³-hybridized carbons (Fsp3) is 0.583. The molecule has 82 valence electrons. The molecular weight excluding hydrogens is 186 g/mol. The van der Waals surface area contributed by atoms with Gasteiger partial charge >= 0.3 is 0 Å². The summed E-state index contributed by atoms with van der Waals surface area (Å²) >= 11 is 0. The lowest BCUT2D eigenvalue weighted by Gasteiger charge is -2.42. The SMILES string of the molecule is CNCC1(CNc2ccncc2)CCC1. The summed E-state index contributed by atoms with van der Waals surface area (Å²) in [6.07, 6.45) is 7.71. The van der Waals surface area contributed by atoms with Crippen molar-refractivity contribution in [3.8, 4) is 0 Å². The van der Waals surface area contributed by atoms with Crippen molar-refractivity contribution in [3.63, 3.8) is 0 Å². The molecule has 0 aliphatic heterocycles. The van der Waals surface area contributed by atoms with Crippen molar-refractivity contribution in [3.05, 3.63) is 24.5 Å². The summed E-state index contributed by atoms with van der Waals surface area (Å²) in [6.45, 7) is 2.18.